The highest BCUT2D eigenvalue weighted by molar-refractivity contribution is 6.05. The second-order valence-electron chi connectivity index (χ2n) is 7.31. The Labute approximate surface area is 179 Å². The van der Waals surface area contributed by atoms with Crippen LogP contribution in [-0.2, 0) is 5.60 Å². The monoisotopic (exact) mass is 414 g/mol. The first kappa shape index (κ1) is 20.5. The first-order chi connectivity index (χ1) is 15.0. The Morgan fingerprint density at radius 3 is 2.03 bits per heavy atom. The molecule has 1 unspecified atom stereocenters. The maximum Gasteiger partial charge on any atom is 0.221 e. The van der Waals surface area contributed by atoms with Crippen LogP contribution in [0.4, 0.5) is 8.78 Å². The normalized spacial score (nSPS) is 12.7. The maximum atomic E-state index is 14.3. The number of carbonyl (C=O) groups excluding carboxylic acids is 1. The summed E-state index contributed by atoms with van der Waals surface area (Å²) >= 11 is 0. The van der Waals surface area contributed by atoms with Crippen LogP contribution in [-0.4, -0.2) is 5.78 Å². The lowest BCUT2D eigenvalue weighted by atomic mass is 9.79. The SMILES string of the molecule is Cc1ccc(C(Oc2ccc(F)cc2)(C(=O)c2ccccc2)c2cccc(F)c2)cc1. The summed E-state index contributed by atoms with van der Waals surface area (Å²) in [4.78, 5) is 14.0. The van der Waals surface area contributed by atoms with E-state index in [1.807, 2.05) is 25.1 Å². The van der Waals surface area contributed by atoms with Gasteiger partial charge in [-0.25, -0.2) is 8.78 Å². The van der Waals surface area contributed by atoms with Gasteiger partial charge in [-0.3, -0.25) is 4.79 Å². The van der Waals surface area contributed by atoms with Crippen molar-refractivity contribution in [3.8, 4) is 5.75 Å². The summed E-state index contributed by atoms with van der Waals surface area (Å²) in [5.41, 5.74) is 0.631. The van der Waals surface area contributed by atoms with Crippen molar-refractivity contribution in [3.63, 3.8) is 0 Å². The Kier molecular flexibility index (Phi) is 5.63. The van der Waals surface area contributed by atoms with Crippen molar-refractivity contribution in [2.75, 3.05) is 0 Å². The van der Waals surface area contributed by atoms with E-state index in [4.69, 9.17) is 4.74 Å². The smallest absolute Gasteiger partial charge is 0.221 e. The average molecular weight is 414 g/mol. The number of carbonyl (C=O) groups is 1. The van der Waals surface area contributed by atoms with Gasteiger partial charge < -0.3 is 4.74 Å². The van der Waals surface area contributed by atoms with Crippen LogP contribution in [0, 0.1) is 18.6 Å². The molecule has 0 spiro atoms. The summed E-state index contributed by atoms with van der Waals surface area (Å²) in [5, 5.41) is 0. The largest absolute Gasteiger partial charge is 0.469 e. The van der Waals surface area contributed by atoms with Gasteiger partial charge in [-0.2, -0.15) is 0 Å². The molecule has 0 aromatic heterocycles. The zero-order valence-electron chi connectivity index (χ0n) is 16.9. The lowest BCUT2D eigenvalue weighted by Gasteiger charge is -2.34. The molecule has 1 atom stereocenters. The van der Waals surface area contributed by atoms with E-state index in [1.165, 1.54) is 36.4 Å². The topological polar surface area (TPSA) is 26.3 Å². The van der Waals surface area contributed by atoms with Crippen LogP contribution in [0.25, 0.3) is 0 Å². The van der Waals surface area contributed by atoms with Crippen LogP contribution < -0.4 is 4.74 Å². The molecule has 2 nitrogen and oxygen atoms in total. The zero-order chi connectivity index (χ0) is 21.8. The third-order valence-electron chi connectivity index (χ3n) is 5.13. The molecule has 0 fully saturated rings. The Morgan fingerprint density at radius 2 is 1.39 bits per heavy atom. The van der Waals surface area contributed by atoms with E-state index in [0.29, 0.717) is 16.7 Å². The number of ether oxygens (including phenoxy) is 1. The molecule has 0 aliphatic rings. The summed E-state index contributed by atoms with van der Waals surface area (Å²) in [6, 6.07) is 27.3. The number of aryl methyl sites for hydroxylation is 1. The number of halogens is 2. The standard InChI is InChI=1S/C27H20F2O2/c1-19-10-12-21(13-11-19)27(22-8-5-9-24(29)18-22,26(30)20-6-3-2-4-7-20)31-25-16-14-23(28)15-17-25/h2-18H,1H3. The minimum absolute atomic E-state index is 0.288. The van der Waals surface area contributed by atoms with Gasteiger partial charge in [0, 0.05) is 16.7 Å². The molecule has 0 aliphatic carbocycles. The number of rotatable bonds is 6. The Hall–Kier alpha value is -3.79. The molecule has 0 aliphatic heterocycles. The molecule has 4 rings (SSSR count). The van der Waals surface area contributed by atoms with E-state index in [-0.39, 0.29) is 11.5 Å². The van der Waals surface area contributed by atoms with Crippen molar-refractivity contribution < 1.29 is 18.3 Å². The zero-order valence-corrected chi connectivity index (χ0v) is 16.9. The predicted octanol–water partition coefficient (Wildman–Crippen LogP) is 6.48. The van der Waals surface area contributed by atoms with Gasteiger partial charge in [0.2, 0.25) is 11.4 Å². The Bertz CT molecular complexity index is 1190. The van der Waals surface area contributed by atoms with E-state index in [9.17, 15) is 13.6 Å². The lowest BCUT2D eigenvalue weighted by Crippen LogP contribution is -2.43. The van der Waals surface area contributed by atoms with Crippen molar-refractivity contribution in [1.82, 2.24) is 0 Å². The van der Waals surface area contributed by atoms with Crippen molar-refractivity contribution in [3.05, 3.63) is 137 Å². The molecule has 0 saturated heterocycles. The third-order valence-corrected chi connectivity index (χ3v) is 5.13. The van der Waals surface area contributed by atoms with Gasteiger partial charge in [0.25, 0.3) is 0 Å². The molecule has 0 bridgehead atoms. The molecule has 154 valence electrons. The van der Waals surface area contributed by atoms with Crippen molar-refractivity contribution >= 4 is 5.78 Å². The van der Waals surface area contributed by atoms with Gasteiger partial charge in [0.1, 0.15) is 17.4 Å². The molecule has 4 aromatic rings. The minimum atomic E-state index is -1.67. The van der Waals surface area contributed by atoms with Crippen LogP contribution in [0.15, 0.2) is 103 Å². The third kappa shape index (κ3) is 4.10. The van der Waals surface area contributed by atoms with E-state index in [1.54, 1.807) is 48.5 Å². The second-order valence-corrected chi connectivity index (χ2v) is 7.31. The Balaban J connectivity index is 2.00. The van der Waals surface area contributed by atoms with Gasteiger partial charge >= 0.3 is 0 Å². The fourth-order valence-electron chi connectivity index (χ4n) is 3.56. The fourth-order valence-corrected chi connectivity index (χ4v) is 3.56. The highest BCUT2D eigenvalue weighted by atomic mass is 19.1. The van der Waals surface area contributed by atoms with Gasteiger partial charge in [0.15, 0.2) is 0 Å². The second kappa shape index (κ2) is 8.52. The quantitative estimate of drug-likeness (QED) is 0.338. The first-order valence-electron chi connectivity index (χ1n) is 9.87. The fraction of sp³-hybridized carbons (Fsp3) is 0.0741. The summed E-state index contributed by atoms with van der Waals surface area (Å²) in [6.07, 6.45) is 0. The molecule has 0 amide bonds. The van der Waals surface area contributed by atoms with Gasteiger partial charge in [-0.15, -0.1) is 0 Å². The van der Waals surface area contributed by atoms with Gasteiger partial charge in [-0.1, -0.05) is 72.3 Å². The van der Waals surface area contributed by atoms with E-state index < -0.39 is 17.2 Å². The number of Topliss-reactive ketones (excluding diaryl/α,β-unsaturated/α-hetero) is 1. The highest BCUT2D eigenvalue weighted by Gasteiger charge is 2.45. The molecule has 0 N–H and O–H groups in total. The van der Waals surface area contributed by atoms with Crippen LogP contribution in [0.2, 0.25) is 0 Å². The van der Waals surface area contributed by atoms with E-state index in [0.717, 1.165) is 5.56 Å². The van der Waals surface area contributed by atoms with Gasteiger partial charge in [-0.05, 0) is 43.3 Å². The molecular weight excluding hydrogens is 394 g/mol. The molecule has 4 aromatic carbocycles. The number of hydrogen-bond acceptors (Lipinski definition) is 2. The summed E-state index contributed by atoms with van der Waals surface area (Å²) in [5.74, 6) is -0.978. The van der Waals surface area contributed by atoms with Crippen molar-refractivity contribution in [2.24, 2.45) is 0 Å². The van der Waals surface area contributed by atoms with E-state index in [2.05, 4.69) is 0 Å². The van der Waals surface area contributed by atoms with Crippen LogP contribution in [0.3, 0.4) is 0 Å². The van der Waals surface area contributed by atoms with Crippen LogP contribution in [0.5, 0.6) is 5.75 Å². The van der Waals surface area contributed by atoms with Gasteiger partial charge in [0.05, 0.1) is 0 Å². The molecule has 31 heavy (non-hydrogen) atoms. The Morgan fingerprint density at radius 1 is 0.710 bits per heavy atom. The highest BCUT2D eigenvalue weighted by Crippen LogP contribution is 2.39. The molecule has 4 heteroatoms. The predicted molar refractivity (Wildman–Crippen MR) is 116 cm³/mol. The molecule has 0 radical (unpaired) electrons. The van der Waals surface area contributed by atoms with Crippen molar-refractivity contribution in [1.29, 1.82) is 0 Å². The average Bonchev–Trinajstić information content (AvgIpc) is 2.79. The summed E-state index contributed by atoms with van der Waals surface area (Å²) in [6.45, 7) is 1.94. The van der Waals surface area contributed by atoms with E-state index >= 15 is 0 Å². The van der Waals surface area contributed by atoms with Crippen LogP contribution >= 0.6 is 0 Å². The first-order valence-corrected chi connectivity index (χ1v) is 9.87. The molecular formula is C27H20F2O2. The lowest BCUT2D eigenvalue weighted by molar-refractivity contribution is 0.0584. The number of hydrogen-bond donors (Lipinski definition) is 0. The summed E-state index contributed by atoms with van der Waals surface area (Å²) < 4.78 is 34.2. The molecule has 0 saturated carbocycles. The minimum Gasteiger partial charge on any atom is -0.469 e. The number of ketones is 1. The molecule has 0 heterocycles. The van der Waals surface area contributed by atoms with Crippen LogP contribution in [0.1, 0.15) is 27.0 Å². The maximum absolute atomic E-state index is 14.3. The summed E-state index contributed by atoms with van der Waals surface area (Å²) in [7, 11) is 0. The number of benzene rings is 4. The van der Waals surface area contributed by atoms with Crippen molar-refractivity contribution in [2.45, 2.75) is 12.5 Å².